The Morgan fingerprint density at radius 3 is 2.28 bits per heavy atom. The molecule has 0 radical (unpaired) electrons. The van der Waals surface area contributed by atoms with Crippen molar-refractivity contribution in [3.63, 3.8) is 0 Å². The molecule has 1 heterocycles. The number of aromatic amines is 1. The summed E-state index contributed by atoms with van der Waals surface area (Å²) in [5, 5.41) is 18.3. The van der Waals surface area contributed by atoms with Gasteiger partial charge < -0.3 is 37.5 Å². The summed E-state index contributed by atoms with van der Waals surface area (Å²) in [5.74, 6) is -3.78. The van der Waals surface area contributed by atoms with E-state index in [1.165, 1.54) is 11.8 Å². The number of carboxylic acids is 1. The van der Waals surface area contributed by atoms with Gasteiger partial charge >= 0.3 is 5.97 Å². The lowest BCUT2D eigenvalue weighted by Gasteiger charge is -2.26. The number of hydrogen-bond acceptors (Lipinski definition) is 7. The van der Waals surface area contributed by atoms with E-state index in [4.69, 9.17) is 11.5 Å². The zero-order valence-corrected chi connectivity index (χ0v) is 23.2. The molecule has 5 unspecified atom stereocenters. The number of carbonyl (C=O) groups excluding carboxylic acids is 4. The van der Waals surface area contributed by atoms with Gasteiger partial charge in [0.25, 0.3) is 0 Å². The highest BCUT2D eigenvalue weighted by Crippen LogP contribution is 2.19. The first-order valence-electron chi connectivity index (χ1n) is 12.7. The second-order valence-electron chi connectivity index (χ2n) is 9.45. The second-order valence-corrected chi connectivity index (χ2v) is 10.4. The summed E-state index contributed by atoms with van der Waals surface area (Å²) in [4.78, 5) is 65.5. The topological polar surface area (TPSA) is 210 Å². The van der Waals surface area contributed by atoms with Crippen LogP contribution in [0.15, 0.2) is 30.5 Å². The minimum absolute atomic E-state index is 0.0619. The van der Waals surface area contributed by atoms with Crippen molar-refractivity contribution in [1.29, 1.82) is 0 Å². The van der Waals surface area contributed by atoms with E-state index in [1.807, 2.05) is 37.4 Å². The number of para-hydroxylation sites is 1. The Labute approximate surface area is 231 Å². The average Bonchev–Trinajstić information content (AvgIpc) is 3.30. The fraction of sp³-hybridized carbons (Fsp3) is 0.500. The molecule has 1 aromatic carbocycles. The van der Waals surface area contributed by atoms with Crippen molar-refractivity contribution in [2.24, 2.45) is 17.4 Å². The number of hydrogen-bond donors (Lipinski definition) is 7. The largest absolute Gasteiger partial charge is 0.480 e. The number of thioether (sulfide) groups is 1. The fourth-order valence-electron chi connectivity index (χ4n) is 4.03. The summed E-state index contributed by atoms with van der Waals surface area (Å²) in [5.41, 5.74) is 12.5. The summed E-state index contributed by atoms with van der Waals surface area (Å²) in [6.07, 6.45) is 3.99. The maximum atomic E-state index is 13.5. The monoisotopic (exact) mass is 562 g/mol. The molecule has 214 valence electrons. The van der Waals surface area contributed by atoms with E-state index >= 15 is 0 Å². The van der Waals surface area contributed by atoms with E-state index < -0.39 is 60.2 Å². The van der Waals surface area contributed by atoms with Crippen LogP contribution in [0.4, 0.5) is 0 Å². The first-order valence-corrected chi connectivity index (χ1v) is 14.1. The molecule has 39 heavy (non-hydrogen) atoms. The van der Waals surface area contributed by atoms with Crippen molar-refractivity contribution in [2.75, 3.05) is 12.0 Å². The maximum absolute atomic E-state index is 13.5. The Kier molecular flexibility index (Phi) is 12.3. The van der Waals surface area contributed by atoms with E-state index in [0.29, 0.717) is 12.2 Å². The lowest BCUT2D eigenvalue weighted by Crippen LogP contribution is -2.58. The molecular formula is C26H38N6O6S. The molecule has 0 spiro atoms. The van der Waals surface area contributed by atoms with Gasteiger partial charge in [0, 0.05) is 23.5 Å². The number of primary amides is 1. The highest BCUT2D eigenvalue weighted by Gasteiger charge is 2.32. The Morgan fingerprint density at radius 2 is 1.67 bits per heavy atom. The smallest absolute Gasteiger partial charge is 0.326 e. The SMILES string of the molecule is CCC(C)C(NC(=O)C(CCSC)NC(=O)C(Cc1c[nH]c2ccccc12)NC(=O)C(N)CC(N)=O)C(=O)O. The van der Waals surface area contributed by atoms with Crippen LogP contribution in [0.25, 0.3) is 10.9 Å². The van der Waals surface area contributed by atoms with Crippen molar-refractivity contribution in [2.45, 2.75) is 63.7 Å². The van der Waals surface area contributed by atoms with Gasteiger partial charge in [-0.3, -0.25) is 19.2 Å². The van der Waals surface area contributed by atoms with Gasteiger partial charge in [0.1, 0.15) is 18.1 Å². The summed E-state index contributed by atoms with van der Waals surface area (Å²) < 4.78 is 0. The molecule has 0 aliphatic heterocycles. The van der Waals surface area contributed by atoms with E-state index in [-0.39, 0.29) is 18.8 Å². The highest BCUT2D eigenvalue weighted by molar-refractivity contribution is 7.98. The van der Waals surface area contributed by atoms with Gasteiger partial charge in [-0.1, -0.05) is 38.5 Å². The van der Waals surface area contributed by atoms with Crippen LogP contribution < -0.4 is 27.4 Å². The Hall–Kier alpha value is -3.58. The molecule has 0 aliphatic carbocycles. The molecule has 0 saturated carbocycles. The van der Waals surface area contributed by atoms with Crippen LogP contribution in [0.3, 0.4) is 0 Å². The standard InChI is InChI=1S/C26H38N6O6S/c1-4-14(2)22(26(37)38)32-24(35)19(9-10-39-3)30-25(36)20(31-23(34)17(27)12-21(28)33)11-15-13-29-18-8-6-5-7-16(15)18/h5-8,13-14,17,19-20,22,29H,4,9-12,27H2,1-3H3,(H2,28,33)(H,30,36)(H,31,34)(H,32,35)(H,37,38). The minimum Gasteiger partial charge on any atom is -0.480 e. The Bertz CT molecular complexity index is 1170. The summed E-state index contributed by atoms with van der Waals surface area (Å²) >= 11 is 1.46. The van der Waals surface area contributed by atoms with Crippen molar-refractivity contribution < 1.29 is 29.1 Å². The number of aromatic nitrogens is 1. The predicted octanol–water partition coefficient (Wildman–Crippen LogP) is 0.251. The van der Waals surface area contributed by atoms with Crippen LogP contribution in [-0.4, -0.2) is 75.9 Å². The number of nitrogens with two attached hydrogens (primary N) is 2. The van der Waals surface area contributed by atoms with Crippen molar-refractivity contribution >= 4 is 52.3 Å². The lowest BCUT2D eigenvalue weighted by molar-refractivity contribution is -0.143. The van der Waals surface area contributed by atoms with Gasteiger partial charge in [-0.05, 0) is 36.0 Å². The summed E-state index contributed by atoms with van der Waals surface area (Å²) in [6, 6.07) is 2.86. The summed E-state index contributed by atoms with van der Waals surface area (Å²) in [7, 11) is 0. The molecular weight excluding hydrogens is 524 g/mol. The van der Waals surface area contributed by atoms with Crippen LogP contribution >= 0.6 is 11.8 Å². The molecule has 12 nitrogen and oxygen atoms in total. The third-order valence-electron chi connectivity index (χ3n) is 6.51. The molecule has 2 rings (SSSR count). The number of benzene rings is 1. The molecule has 0 bridgehead atoms. The lowest BCUT2D eigenvalue weighted by atomic mass is 9.98. The Morgan fingerprint density at radius 1 is 1.03 bits per heavy atom. The van der Waals surface area contributed by atoms with Gasteiger partial charge in [0.15, 0.2) is 0 Å². The van der Waals surface area contributed by atoms with E-state index in [9.17, 15) is 29.1 Å². The van der Waals surface area contributed by atoms with Gasteiger partial charge in [0.05, 0.1) is 12.5 Å². The maximum Gasteiger partial charge on any atom is 0.326 e. The van der Waals surface area contributed by atoms with E-state index in [1.54, 1.807) is 13.1 Å². The first kappa shape index (κ1) is 31.6. The van der Waals surface area contributed by atoms with Crippen molar-refractivity contribution in [3.05, 3.63) is 36.0 Å². The summed E-state index contributed by atoms with van der Waals surface area (Å²) in [6.45, 7) is 3.54. The molecule has 0 saturated heterocycles. The number of H-pyrrole nitrogens is 1. The molecule has 4 amide bonds. The number of carbonyl (C=O) groups is 5. The first-order chi connectivity index (χ1) is 18.5. The highest BCUT2D eigenvalue weighted by atomic mass is 32.2. The molecule has 2 aromatic rings. The molecule has 9 N–H and O–H groups in total. The number of fused-ring (bicyclic) bond motifs is 1. The molecule has 0 aliphatic rings. The van der Waals surface area contributed by atoms with E-state index in [2.05, 4.69) is 20.9 Å². The second kappa shape index (κ2) is 15.1. The molecule has 1 aromatic heterocycles. The average molecular weight is 563 g/mol. The third-order valence-corrected chi connectivity index (χ3v) is 7.15. The number of aliphatic carboxylic acids is 1. The number of amides is 4. The number of carboxylic acid groups (broad SMARTS) is 1. The molecule has 13 heteroatoms. The van der Waals surface area contributed by atoms with Crippen LogP contribution in [-0.2, 0) is 30.4 Å². The zero-order valence-electron chi connectivity index (χ0n) is 22.4. The van der Waals surface area contributed by atoms with Gasteiger partial charge in [-0.25, -0.2) is 4.79 Å². The normalized spacial score (nSPS) is 15.0. The van der Waals surface area contributed by atoms with Gasteiger partial charge in [-0.2, -0.15) is 11.8 Å². The molecule has 0 fully saturated rings. The van der Waals surface area contributed by atoms with Gasteiger partial charge in [0.2, 0.25) is 23.6 Å². The van der Waals surface area contributed by atoms with Crippen LogP contribution in [0.2, 0.25) is 0 Å². The zero-order chi connectivity index (χ0) is 29.1. The molecule has 5 atom stereocenters. The minimum atomic E-state index is -1.26. The third kappa shape index (κ3) is 9.29. The Balaban J connectivity index is 2.30. The van der Waals surface area contributed by atoms with Gasteiger partial charge in [-0.15, -0.1) is 0 Å². The van der Waals surface area contributed by atoms with Crippen LogP contribution in [0.1, 0.15) is 38.7 Å². The van der Waals surface area contributed by atoms with E-state index in [0.717, 1.165) is 16.5 Å². The number of rotatable bonds is 16. The fourth-order valence-corrected chi connectivity index (χ4v) is 4.50. The quantitative estimate of drug-likeness (QED) is 0.150. The van der Waals surface area contributed by atoms with Crippen molar-refractivity contribution in [1.82, 2.24) is 20.9 Å². The van der Waals surface area contributed by atoms with Crippen molar-refractivity contribution in [3.8, 4) is 0 Å². The number of nitrogens with one attached hydrogen (secondary N) is 4. The van der Waals surface area contributed by atoms with Crippen LogP contribution in [0.5, 0.6) is 0 Å². The van der Waals surface area contributed by atoms with Crippen LogP contribution in [0, 0.1) is 5.92 Å². The predicted molar refractivity (Wildman–Crippen MR) is 150 cm³/mol.